The van der Waals surface area contributed by atoms with Gasteiger partial charge in [0, 0.05) is 22.9 Å². The molecule has 0 saturated carbocycles. The Hall–Kier alpha value is -0.150. The third kappa shape index (κ3) is 1.92. The second-order valence-electron chi connectivity index (χ2n) is 1.90. The summed E-state index contributed by atoms with van der Waals surface area (Å²) in [5.74, 6) is 0. The van der Waals surface area contributed by atoms with Gasteiger partial charge in [-0.15, -0.1) is 0 Å². The maximum atomic E-state index is 2.11. The van der Waals surface area contributed by atoms with Crippen molar-refractivity contribution in [2.24, 2.45) is 7.05 Å². The van der Waals surface area contributed by atoms with E-state index in [9.17, 15) is 0 Å². The topological polar surface area (TPSA) is 3.88 Å². The van der Waals surface area contributed by atoms with Gasteiger partial charge in [-0.2, -0.15) is 4.57 Å². The van der Waals surface area contributed by atoms with Crippen molar-refractivity contribution >= 4 is 21.6 Å². The molecular weight excluding hydrogens is 162 g/mol. The van der Waals surface area contributed by atoms with Gasteiger partial charge in [-0.3, -0.25) is 0 Å². The van der Waals surface area contributed by atoms with Gasteiger partial charge in [0.25, 0.3) is 0 Å². The van der Waals surface area contributed by atoms with Crippen LogP contribution < -0.4 is 4.57 Å². The van der Waals surface area contributed by atoms with E-state index in [1.54, 1.807) is 21.6 Å². The molecule has 54 valence electrons. The van der Waals surface area contributed by atoms with Crippen LogP contribution in [0.2, 0.25) is 0 Å². The molecule has 0 amide bonds. The number of rotatable bonds is 2. The molecule has 10 heavy (non-hydrogen) atoms. The quantitative estimate of drug-likeness (QED) is 0.495. The lowest BCUT2D eigenvalue weighted by Gasteiger charge is -1.93. The standard InChI is InChI=1S/C7H10NS2/c1-8-6-4-3-5-7(8)10-9-2/h3-6H,1-2H3/q+1. The van der Waals surface area contributed by atoms with Gasteiger partial charge in [0.15, 0.2) is 6.20 Å². The van der Waals surface area contributed by atoms with Crippen molar-refractivity contribution in [3.63, 3.8) is 0 Å². The predicted molar refractivity (Wildman–Crippen MR) is 47.0 cm³/mol. The Labute approximate surface area is 69.2 Å². The minimum Gasteiger partial charge on any atom is -0.195 e. The zero-order chi connectivity index (χ0) is 7.40. The van der Waals surface area contributed by atoms with Gasteiger partial charge >= 0.3 is 0 Å². The number of hydrogen-bond acceptors (Lipinski definition) is 2. The number of nitrogens with zero attached hydrogens (tertiary/aromatic N) is 1. The molecule has 1 aromatic rings. The molecule has 0 aliphatic carbocycles. The Balaban J connectivity index is 2.81. The molecule has 0 atom stereocenters. The highest BCUT2D eigenvalue weighted by atomic mass is 33.1. The second kappa shape index (κ2) is 3.88. The van der Waals surface area contributed by atoms with Crippen LogP contribution in [-0.2, 0) is 7.05 Å². The summed E-state index contributed by atoms with van der Waals surface area (Å²) in [7, 11) is 5.60. The molecule has 0 aliphatic heterocycles. The van der Waals surface area contributed by atoms with E-state index < -0.39 is 0 Å². The van der Waals surface area contributed by atoms with Crippen molar-refractivity contribution in [1.29, 1.82) is 0 Å². The van der Waals surface area contributed by atoms with E-state index >= 15 is 0 Å². The van der Waals surface area contributed by atoms with Gasteiger partial charge in [-0.05, 0) is 12.3 Å². The number of pyridine rings is 1. The molecule has 0 unspecified atom stereocenters. The SMILES string of the molecule is CSSc1cccc[n+]1C. The van der Waals surface area contributed by atoms with Crippen LogP contribution in [0.25, 0.3) is 0 Å². The van der Waals surface area contributed by atoms with Crippen molar-refractivity contribution in [1.82, 2.24) is 0 Å². The van der Waals surface area contributed by atoms with E-state index in [0.29, 0.717) is 0 Å². The van der Waals surface area contributed by atoms with Crippen LogP contribution in [0.15, 0.2) is 29.4 Å². The Kier molecular flexibility index (Phi) is 3.09. The molecule has 1 aromatic heterocycles. The molecule has 0 saturated heterocycles. The van der Waals surface area contributed by atoms with Crippen LogP contribution in [0.1, 0.15) is 0 Å². The zero-order valence-corrected chi connectivity index (χ0v) is 7.71. The lowest BCUT2D eigenvalue weighted by molar-refractivity contribution is -0.708. The summed E-state index contributed by atoms with van der Waals surface area (Å²) >= 11 is 0. The van der Waals surface area contributed by atoms with Gasteiger partial charge in [0.1, 0.15) is 7.05 Å². The van der Waals surface area contributed by atoms with Crippen LogP contribution in [0.4, 0.5) is 0 Å². The van der Waals surface area contributed by atoms with E-state index in [1.807, 2.05) is 6.07 Å². The zero-order valence-electron chi connectivity index (χ0n) is 6.07. The van der Waals surface area contributed by atoms with Gasteiger partial charge < -0.3 is 0 Å². The lowest BCUT2D eigenvalue weighted by atomic mass is 10.5. The molecule has 1 rings (SSSR count). The average Bonchev–Trinajstić information content (AvgIpc) is 1.94. The second-order valence-corrected chi connectivity index (χ2v) is 4.32. The fourth-order valence-electron chi connectivity index (χ4n) is 0.680. The van der Waals surface area contributed by atoms with Crippen molar-refractivity contribution in [2.75, 3.05) is 6.26 Å². The van der Waals surface area contributed by atoms with Gasteiger partial charge in [-0.1, -0.05) is 10.8 Å². The largest absolute Gasteiger partial charge is 0.250 e. The summed E-state index contributed by atoms with van der Waals surface area (Å²) in [6.07, 6.45) is 4.14. The van der Waals surface area contributed by atoms with Crippen LogP contribution in [-0.4, -0.2) is 6.26 Å². The first-order valence-electron chi connectivity index (χ1n) is 3.00. The van der Waals surface area contributed by atoms with Gasteiger partial charge in [-0.25, -0.2) is 0 Å². The van der Waals surface area contributed by atoms with Gasteiger partial charge in [0.05, 0.1) is 0 Å². The highest BCUT2D eigenvalue weighted by Gasteiger charge is 2.02. The van der Waals surface area contributed by atoms with Crippen LogP contribution >= 0.6 is 21.6 Å². The molecule has 0 aromatic carbocycles. The maximum absolute atomic E-state index is 2.11. The fourth-order valence-corrected chi connectivity index (χ4v) is 2.19. The molecule has 3 heteroatoms. The molecule has 0 radical (unpaired) electrons. The number of aromatic nitrogens is 1. The molecule has 0 fully saturated rings. The first-order chi connectivity index (χ1) is 4.84. The molecular formula is C7H10NS2+. The van der Waals surface area contributed by atoms with Crippen molar-refractivity contribution in [2.45, 2.75) is 5.03 Å². The summed E-state index contributed by atoms with van der Waals surface area (Å²) < 4.78 is 2.11. The van der Waals surface area contributed by atoms with E-state index in [2.05, 4.69) is 36.2 Å². The van der Waals surface area contributed by atoms with E-state index in [-0.39, 0.29) is 0 Å². The minimum absolute atomic E-state index is 1.29. The normalized spacial score (nSPS) is 9.80. The molecule has 0 spiro atoms. The van der Waals surface area contributed by atoms with E-state index in [0.717, 1.165) is 0 Å². The Bertz CT molecular complexity index is 213. The van der Waals surface area contributed by atoms with E-state index in [4.69, 9.17) is 0 Å². The molecule has 1 heterocycles. The first kappa shape index (κ1) is 7.95. The third-order valence-electron chi connectivity index (χ3n) is 1.18. The summed E-state index contributed by atoms with van der Waals surface area (Å²) in [5.41, 5.74) is 0. The molecule has 0 bridgehead atoms. The van der Waals surface area contributed by atoms with Crippen LogP contribution in [0.5, 0.6) is 0 Å². The molecule has 0 N–H and O–H groups in total. The van der Waals surface area contributed by atoms with Gasteiger partial charge in [0.2, 0.25) is 5.03 Å². The Morgan fingerprint density at radius 1 is 1.40 bits per heavy atom. The average molecular weight is 172 g/mol. The fraction of sp³-hybridized carbons (Fsp3) is 0.286. The monoisotopic (exact) mass is 172 g/mol. The summed E-state index contributed by atoms with van der Waals surface area (Å²) in [6, 6.07) is 6.20. The van der Waals surface area contributed by atoms with Crippen LogP contribution in [0.3, 0.4) is 0 Å². The van der Waals surface area contributed by atoms with Crippen molar-refractivity contribution in [3.8, 4) is 0 Å². The Morgan fingerprint density at radius 2 is 2.20 bits per heavy atom. The lowest BCUT2D eigenvalue weighted by Crippen LogP contribution is -2.29. The molecule has 0 aliphatic rings. The summed E-state index contributed by atoms with van der Waals surface area (Å²) in [4.78, 5) is 0. The van der Waals surface area contributed by atoms with E-state index in [1.165, 1.54) is 5.03 Å². The maximum Gasteiger partial charge on any atom is 0.250 e. The Morgan fingerprint density at radius 3 is 2.80 bits per heavy atom. The highest BCUT2D eigenvalue weighted by molar-refractivity contribution is 8.76. The summed E-state index contributed by atoms with van der Waals surface area (Å²) in [6.45, 7) is 0. The van der Waals surface area contributed by atoms with Crippen molar-refractivity contribution in [3.05, 3.63) is 24.4 Å². The van der Waals surface area contributed by atoms with Crippen molar-refractivity contribution < 1.29 is 4.57 Å². The minimum atomic E-state index is 1.29. The third-order valence-corrected chi connectivity index (χ3v) is 2.95. The number of hydrogen-bond donors (Lipinski definition) is 0. The first-order valence-corrected chi connectivity index (χ1v) is 5.55. The van der Waals surface area contributed by atoms with Crippen LogP contribution in [0, 0.1) is 0 Å². The predicted octanol–water partition coefficient (Wildman–Crippen LogP) is 1.88. The highest BCUT2D eigenvalue weighted by Crippen LogP contribution is 2.24. The molecule has 1 nitrogen and oxygen atoms in total. The summed E-state index contributed by atoms with van der Waals surface area (Å²) in [5, 5.41) is 1.29. The smallest absolute Gasteiger partial charge is 0.195 e. The number of aryl methyl sites for hydroxylation is 1.